The van der Waals surface area contributed by atoms with Gasteiger partial charge in [-0.2, -0.15) is 0 Å². The third kappa shape index (κ3) is 7.53. The molecule has 0 amide bonds. The van der Waals surface area contributed by atoms with Crippen molar-refractivity contribution in [3.63, 3.8) is 0 Å². The summed E-state index contributed by atoms with van der Waals surface area (Å²) in [5.41, 5.74) is 3.78. The zero-order valence-corrected chi connectivity index (χ0v) is 20.4. The van der Waals surface area contributed by atoms with Crippen LogP contribution in [-0.2, 0) is 0 Å². The van der Waals surface area contributed by atoms with Crippen LogP contribution in [0.1, 0.15) is 31.9 Å². The van der Waals surface area contributed by atoms with Gasteiger partial charge < -0.3 is 0 Å². The van der Waals surface area contributed by atoms with Gasteiger partial charge in [-0.15, -0.1) is 0 Å². The van der Waals surface area contributed by atoms with Crippen molar-refractivity contribution < 1.29 is 0 Å². The fourth-order valence-corrected chi connectivity index (χ4v) is 5.72. The van der Waals surface area contributed by atoms with Crippen LogP contribution >= 0.6 is 17.2 Å². The number of hydrogen-bond acceptors (Lipinski definition) is 0. The van der Waals surface area contributed by atoms with Gasteiger partial charge in [-0.3, -0.25) is 0 Å². The molecule has 0 aliphatic carbocycles. The summed E-state index contributed by atoms with van der Waals surface area (Å²) in [6.07, 6.45) is 6.48. The Bertz CT molecular complexity index is 984. The van der Waals surface area contributed by atoms with Crippen LogP contribution in [0.2, 0.25) is 0 Å². The lowest BCUT2D eigenvalue weighted by Crippen LogP contribution is -2.10. The number of allylic oxidation sites excluding steroid dienone is 4. The van der Waals surface area contributed by atoms with Gasteiger partial charge in [-0.1, -0.05) is 140 Å². The van der Waals surface area contributed by atoms with Crippen LogP contribution in [0.5, 0.6) is 0 Å². The molecule has 0 nitrogen and oxygen atoms in total. The van der Waals surface area contributed by atoms with Gasteiger partial charge >= 0.3 is 0 Å². The Morgan fingerprint density at radius 3 is 2.00 bits per heavy atom. The average Bonchev–Trinajstić information content (AvgIpc) is 2.76. The Morgan fingerprint density at radius 1 is 0.800 bits per heavy atom. The van der Waals surface area contributed by atoms with Crippen molar-refractivity contribution in [1.29, 1.82) is 0 Å². The van der Waals surface area contributed by atoms with Crippen LogP contribution in [0, 0.1) is 6.92 Å². The molecule has 0 aromatic heterocycles. The van der Waals surface area contributed by atoms with Gasteiger partial charge in [0.2, 0.25) is 0 Å². The van der Waals surface area contributed by atoms with Gasteiger partial charge in [0.25, 0.3) is 0 Å². The second-order valence-corrected chi connectivity index (χ2v) is 9.50. The van der Waals surface area contributed by atoms with Crippen molar-refractivity contribution in [3.8, 4) is 0 Å². The van der Waals surface area contributed by atoms with Crippen molar-refractivity contribution in [1.82, 2.24) is 0 Å². The summed E-state index contributed by atoms with van der Waals surface area (Å²) in [4.78, 5) is 0. The Balaban J connectivity index is 0.00000155. The Labute approximate surface area is 186 Å². The first kappa shape index (κ1) is 24.0. The highest BCUT2D eigenvalue weighted by molar-refractivity contribution is 7.59. The topological polar surface area (TPSA) is 0 Å². The maximum atomic E-state index is 3.99. The highest BCUT2D eigenvalue weighted by Gasteiger charge is 2.12. The first-order valence-corrected chi connectivity index (χ1v) is 12.4. The minimum absolute atomic E-state index is 0.615. The maximum absolute atomic E-state index is 3.99. The average molecular weight is 431 g/mol. The van der Waals surface area contributed by atoms with Gasteiger partial charge in [0.1, 0.15) is 0 Å². The van der Waals surface area contributed by atoms with Crippen molar-refractivity contribution in [2.24, 2.45) is 0 Å². The fraction of sp³-hybridized carbons (Fsp3) is 0.143. The van der Waals surface area contributed by atoms with Gasteiger partial charge in [0.15, 0.2) is 0 Å². The molecule has 0 aliphatic heterocycles. The Kier molecular flexibility index (Phi) is 10.5. The molecule has 2 atom stereocenters. The van der Waals surface area contributed by atoms with Gasteiger partial charge in [-0.25, -0.2) is 0 Å². The van der Waals surface area contributed by atoms with Crippen LogP contribution in [0.4, 0.5) is 0 Å². The van der Waals surface area contributed by atoms with E-state index in [1.54, 1.807) is 0 Å². The van der Waals surface area contributed by atoms with Crippen LogP contribution in [0.25, 0.3) is 5.31 Å². The smallest absolute Gasteiger partial charge is 0.00719 e. The predicted molar refractivity (Wildman–Crippen MR) is 143 cm³/mol. The van der Waals surface area contributed by atoms with E-state index in [-0.39, 0.29) is 0 Å². The van der Waals surface area contributed by atoms with E-state index >= 15 is 0 Å². The summed E-state index contributed by atoms with van der Waals surface area (Å²) in [7, 11) is 1.26. The zero-order valence-electron chi connectivity index (χ0n) is 18.4. The molecule has 0 heterocycles. The summed E-state index contributed by atoms with van der Waals surface area (Å²) in [6, 6.07) is 28.2. The summed E-state index contributed by atoms with van der Waals surface area (Å²) < 4.78 is 0. The third-order valence-electron chi connectivity index (χ3n) is 4.29. The van der Waals surface area contributed by atoms with E-state index in [0.29, 0.717) is 17.2 Å². The molecule has 3 rings (SSSR count). The summed E-state index contributed by atoms with van der Waals surface area (Å²) in [5.74, 6) is 0. The molecule has 3 aromatic carbocycles. The molecular weight excluding hydrogens is 398 g/mol. The van der Waals surface area contributed by atoms with Crippen molar-refractivity contribution in [3.05, 3.63) is 120 Å². The molecule has 0 N–H and O–H groups in total. The van der Waals surface area contributed by atoms with Gasteiger partial charge in [0.05, 0.1) is 0 Å². The highest BCUT2D eigenvalue weighted by Crippen LogP contribution is 2.36. The number of rotatable bonds is 7. The molecule has 0 spiro atoms. The lowest BCUT2D eigenvalue weighted by Gasteiger charge is -2.16. The van der Waals surface area contributed by atoms with Crippen molar-refractivity contribution in [2.45, 2.75) is 27.7 Å². The molecule has 2 unspecified atom stereocenters. The van der Waals surface area contributed by atoms with Crippen LogP contribution in [0.15, 0.2) is 109 Å². The molecule has 3 aromatic rings. The largest absolute Gasteiger partial charge is 0.0961 e. The number of hydrogen-bond donors (Lipinski definition) is 0. The van der Waals surface area contributed by atoms with Crippen molar-refractivity contribution >= 4 is 38.4 Å². The molecule has 0 aliphatic rings. The molecule has 0 radical (unpaired) electrons. The van der Waals surface area contributed by atoms with Gasteiger partial charge in [0, 0.05) is 0 Å². The highest BCUT2D eigenvalue weighted by atomic mass is 31.1. The minimum Gasteiger partial charge on any atom is -0.0961 e. The molecule has 0 bridgehead atoms. The minimum atomic E-state index is 0.615. The monoisotopic (exact) mass is 430 g/mol. The lowest BCUT2D eigenvalue weighted by molar-refractivity contribution is 1.46. The number of aryl methyl sites for hydroxylation is 1. The molecule has 30 heavy (non-hydrogen) atoms. The van der Waals surface area contributed by atoms with Gasteiger partial charge in [-0.05, 0) is 46.2 Å². The molecule has 0 fully saturated rings. The van der Waals surface area contributed by atoms with Crippen molar-refractivity contribution in [2.75, 3.05) is 0 Å². The molecule has 0 saturated carbocycles. The van der Waals surface area contributed by atoms with E-state index in [4.69, 9.17) is 0 Å². The van der Waals surface area contributed by atoms with E-state index in [9.17, 15) is 0 Å². The second-order valence-electron chi connectivity index (χ2n) is 6.77. The molecule has 2 heteroatoms. The summed E-state index contributed by atoms with van der Waals surface area (Å²) in [6.45, 7) is 12.2. The first-order chi connectivity index (χ1) is 14.6. The van der Waals surface area contributed by atoms with Crippen LogP contribution in [-0.4, -0.2) is 0 Å². The maximum Gasteiger partial charge on any atom is -0.00719 e. The Morgan fingerprint density at radius 2 is 1.40 bits per heavy atom. The summed E-state index contributed by atoms with van der Waals surface area (Å²) >= 11 is 0. The predicted octanol–water partition coefficient (Wildman–Crippen LogP) is 7.13. The fourth-order valence-electron chi connectivity index (χ4n) is 2.98. The molecular formula is C28H32P2. The molecule has 154 valence electrons. The van der Waals surface area contributed by atoms with Crippen LogP contribution in [0.3, 0.4) is 0 Å². The van der Waals surface area contributed by atoms with E-state index in [2.05, 4.69) is 111 Å². The SMILES string of the molecule is C=C(C)/C=C\C=C(\Pc1ccccc1)c1c(C)cccc1Pc1ccccc1.CC. The quantitative estimate of drug-likeness (QED) is 0.276. The standard InChI is InChI=1S/C26H26P2.C2H6/c1-20(2)12-10-18-24(27-22-14-6-4-7-15-22)26-21(3)13-11-19-25(26)28-23-16-8-5-9-17-23;1-2/h4-19,27-28H,1H2,2-3H3;1-2H3/b12-10-,24-18+;. The van der Waals surface area contributed by atoms with E-state index in [1.807, 2.05) is 20.8 Å². The Hall–Kier alpha value is -2.26. The summed E-state index contributed by atoms with van der Waals surface area (Å²) in [5, 5.41) is 5.51. The van der Waals surface area contributed by atoms with E-state index in [1.165, 1.54) is 32.4 Å². The zero-order chi connectivity index (χ0) is 21.8. The van der Waals surface area contributed by atoms with E-state index < -0.39 is 0 Å². The normalized spacial score (nSPS) is 11.9. The third-order valence-corrected chi connectivity index (χ3v) is 6.91. The van der Waals surface area contributed by atoms with E-state index in [0.717, 1.165) is 5.57 Å². The van der Waals surface area contributed by atoms with Crippen LogP contribution < -0.4 is 15.9 Å². The molecule has 0 saturated heterocycles. The first-order valence-electron chi connectivity index (χ1n) is 10.4. The lowest BCUT2D eigenvalue weighted by atomic mass is 10.1. The second kappa shape index (κ2) is 13.1. The number of benzene rings is 3.